The molecule has 0 aliphatic heterocycles. The molecule has 1 fully saturated rings. The predicted molar refractivity (Wildman–Crippen MR) is 67.6 cm³/mol. The van der Waals surface area contributed by atoms with Gasteiger partial charge in [-0.15, -0.1) is 0 Å². The molecule has 3 heteroatoms. The number of hydrogen-bond acceptors (Lipinski definition) is 2. The number of rotatable bonds is 5. The molecule has 1 aromatic rings. The van der Waals surface area contributed by atoms with Crippen LogP contribution < -0.4 is 4.90 Å². The number of aliphatic hydroxyl groups excluding tert-OH is 1. The third-order valence-electron chi connectivity index (χ3n) is 3.35. The largest absolute Gasteiger partial charge is 0.389 e. The number of benzene rings is 1. The lowest BCUT2D eigenvalue weighted by atomic mass is 10.1. The van der Waals surface area contributed by atoms with Gasteiger partial charge in [-0.3, -0.25) is 0 Å². The second-order valence-electron chi connectivity index (χ2n) is 4.87. The number of halogens is 1. The van der Waals surface area contributed by atoms with Gasteiger partial charge in [0.05, 0.1) is 11.8 Å². The summed E-state index contributed by atoms with van der Waals surface area (Å²) in [7, 11) is 0. The molecule has 17 heavy (non-hydrogen) atoms. The van der Waals surface area contributed by atoms with Gasteiger partial charge < -0.3 is 10.0 Å². The van der Waals surface area contributed by atoms with Crippen LogP contribution in [0.2, 0.25) is 0 Å². The highest BCUT2D eigenvalue weighted by Crippen LogP contribution is 2.32. The summed E-state index contributed by atoms with van der Waals surface area (Å²) in [6.45, 7) is 5.46. The SMILES string of the molecule is CCN(CC1CC1)c1ccc([C@H](C)O)cc1F. The topological polar surface area (TPSA) is 23.5 Å². The lowest BCUT2D eigenvalue weighted by Crippen LogP contribution is -2.26. The smallest absolute Gasteiger partial charge is 0.146 e. The van der Waals surface area contributed by atoms with E-state index in [4.69, 9.17) is 0 Å². The van der Waals surface area contributed by atoms with Crippen molar-refractivity contribution < 1.29 is 9.50 Å². The Bertz CT molecular complexity index is 388. The van der Waals surface area contributed by atoms with Gasteiger partial charge in [-0.05, 0) is 50.3 Å². The summed E-state index contributed by atoms with van der Waals surface area (Å²) in [6.07, 6.45) is 1.92. The van der Waals surface area contributed by atoms with Crippen molar-refractivity contribution in [3.05, 3.63) is 29.6 Å². The maximum Gasteiger partial charge on any atom is 0.146 e. The number of aliphatic hydroxyl groups is 1. The Labute approximate surface area is 102 Å². The Morgan fingerprint density at radius 3 is 2.65 bits per heavy atom. The van der Waals surface area contributed by atoms with Crippen molar-refractivity contribution in [1.82, 2.24) is 0 Å². The van der Waals surface area contributed by atoms with E-state index in [-0.39, 0.29) is 5.82 Å². The zero-order valence-electron chi connectivity index (χ0n) is 10.5. The van der Waals surface area contributed by atoms with E-state index in [9.17, 15) is 9.50 Å². The summed E-state index contributed by atoms with van der Waals surface area (Å²) in [5, 5.41) is 9.41. The second-order valence-corrected chi connectivity index (χ2v) is 4.87. The average molecular weight is 237 g/mol. The highest BCUT2D eigenvalue weighted by Gasteiger charge is 2.25. The summed E-state index contributed by atoms with van der Waals surface area (Å²) in [5.74, 6) is 0.511. The zero-order valence-corrected chi connectivity index (χ0v) is 10.5. The fourth-order valence-electron chi connectivity index (χ4n) is 2.05. The van der Waals surface area contributed by atoms with Gasteiger partial charge in [0, 0.05) is 13.1 Å². The fraction of sp³-hybridized carbons (Fsp3) is 0.571. The van der Waals surface area contributed by atoms with Gasteiger partial charge in [0.25, 0.3) is 0 Å². The minimum atomic E-state index is -0.614. The summed E-state index contributed by atoms with van der Waals surface area (Å²) in [4.78, 5) is 2.08. The Morgan fingerprint density at radius 2 is 2.18 bits per heavy atom. The molecule has 0 aromatic heterocycles. The molecule has 1 aliphatic rings. The number of nitrogens with zero attached hydrogens (tertiary/aromatic N) is 1. The van der Waals surface area contributed by atoms with Gasteiger partial charge in [0.2, 0.25) is 0 Å². The van der Waals surface area contributed by atoms with E-state index < -0.39 is 6.10 Å². The van der Waals surface area contributed by atoms with E-state index in [0.29, 0.717) is 11.3 Å². The monoisotopic (exact) mass is 237 g/mol. The lowest BCUT2D eigenvalue weighted by Gasteiger charge is -2.24. The average Bonchev–Trinajstić information content (AvgIpc) is 3.10. The van der Waals surface area contributed by atoms with Crippen LogP contribution in [0.1, 0.15) is 38.4 Å². The molecule has 1 atom stereocenters. The first-order chi connectivity index (χ1) is 8.11. The minimum Gasteiger partial charge on any atom is -0.389 e. The maximum absolute atomic E-state index is 14.0. The standard InChI is InChI=1S/C14H20FNO/c1-3-16(9-11-4-5-11)14-7-6-12(10(2)17)8-13(14)15/h6-8,10-11,17H,3-5,9H2,1-2H3/t10-/m0/s1. The first-order valence-electron chi connectivity index (χ1n) is 6.34. The maximum atomic E-state index is 14.0. The molecule has 0 saturated heterocycles. The van der Waals surface area contributed by atoms with Crippen molar-refractivity contribution in [2.24, 2.45) is 5.92 Å². The number of anilines is 1. The normalized spacial score (nSPS) is 16.9. The molecular weight excluding hydrogens is 217 g/mol. The Balaban J connectivity index is 2.17. The Hall–Kier alpha value is -1.09. The summed E-state index contributed by atoms with van der Waals surface area (Å²) >= 11 is 0. The van der Waals surface area contributed by atoms with Gasteiger partial charge in [-0.1, -0.05) is 6.07 Å². The molecule has 1 N–H and O–H groups in total. The first-order valence-corrected chi connectivity index (χ1v) is 6.34. The van der Waals surface area contributed by atoms with E-state index >= 15 is 0 Å². The molecule has 0 radical (unpaired) electrons. The minimum absolute atomic E-state index is 0.231. The van der Waals surface area contributed by atoms with Crippen molar-refractivity contribution in [3.63, 3.8) is 0 Å². The number of hydrogen-bond donors (Lipinski definition) is 1. The fourth-order valence-corrected chi connectivity index (χ4v) is 2.05. The van der Waals surface area contributed by atoms with Crippen LogP contribution in [-0.2, 0) is 0 Å². The van der Waals surface area contributed by atoms with E-state index in [0.717, 1.165) is 19.0 Å². The molecule has 1 aliphatic carbocycles. The van der Waals surface area contributed by atoms with Crippen LogP contribution >= 0.6 is 0 Å². The van der Waals surface area contributed by atoms with E-state index in [1.165, 1.54) is 18.9 Å². The van der Waals surface area contributed by atoms with Crippen molar-refractivity contribution in [1.29, 1.82) is 0 Å². The predicted octanol–water partition coefficient (Wildman–Crippen LogP) is 3.12. The van der Waals surface area contributed by atoms with E-state index in [1.54, 1.807) is 19.1 Å². The van der Waals surface area contributed by atoms with Crippen molar-refractivity contribution in [2.75, 3.05) is 18.0 Å². The van der Waals surface area contributed by atoms with E-state index in [1.807, 2.05) is 6.92 Å². The second kappa shape index (κ2) is 5.05. The molecule has 0 unspecified atom stereocenters. The van der Waals surface area contributed by atoms with Crippen LogP contribution in [0.3, 0.4) is 0 Å². The van der Waals surface area contributed by atoms with Crippen molar-refractivity contribution >= 4 is 5.69 Å². The summed E-state index contributed by atoms with van der Waals surface area (Å²) in [5.41, 5.74) is 1.29. The van der Waals surface area contributed by atoms with Gasteiger partial charge in [-0.2, -0.15) is 0 Å². The molecule has 0 spiro atoms. The van der Waals surface area contributed by atoms with Crippen LogP contribution in [0.15, 0.2) is 18.2 Å². The van der Waals surface area contributed by atoms with Gasteiger partial charge in [-0.25, -0.2) is 4.39 Å². The quantitative estimate of drug-likeness (QED) is 0.850. The first kappa shape index (κ1) is 12.4. The third-order valence-corrected chi connectivity index (χ3v) is 3.35. The van der Waals surface area contributed by atoms with Gasteiger partial charge in [0.15, 0.2) is 0 Å². The Kier molecular flexibility index (Phi) is 3.67. The highest BCUT2D eigenvalue weighted by molar-refractivity contribution is 5.49. The Morgan fingerprint density at radius 1 is 1.47 bits per heavy atom. The zero-order chi connectivity index (χ0) is 12.4. The van der Waals surface area contributed by atoms with Gasteiger partial charge >= 0.3 is 0 Å². The van der Waals surface area contributed by atoms with Crippen LogP contribution in [0.4, 0.5) is 10.1 Å². The van der Waals surface area contributed by atoms with Crippen molar-refractivity contribution in [3.8, 4) is 0 Å². The summed E-state index contributed by atoms with van der Waals surface area (Å²) in [6, 6.07) is 5.03. The molecule has 94 valence electrons. The lowest BCUT2D eigenvalue weighted by molar-refractivity contribution is 0.199. The molecule has 2 rings (SSSR count). The highest BCUT2D eigenvalue weighted by atomic mass is 19.1. The third kappa shape index (κ3) is 2.97. The summed E-state index contributed by atoms with van der Waals surface area (Å²) < 4.78 is 14.0. The molecular formula is C14H20FNO. The molecule has 1 aromatic carbocycles. The molecule has 0 bridgehead atoms. The van der Waals surface area contributed by atoms with Crippen LogP contribution in [-0.4, -0.2) is 18.2 Å². The molecule has 2 nitrogen and oxygen atoms in total. The molecule has 0 heterocycles. The van der Waals surface area contributed by atoms with Crippen LogP contribution in [0.25, 0.3) is 0 Å². The van der Waals surface area contributed by atoms with Crippen molar-refractivity contribution in [2.45, 2.75) is 32.8 Å². The molecule has 1 saturated carbocycles. The van der Waals surface area contributed by atoms with Crippen LogP contribution in [0.5, 0.6) is 0 Å². The van der Waals surface area contributed by atoms with Crippen LogP contribution in [0, 0.1) is 11.7 Å². The van der Waals surface area contributed by atoms with E-state index in [2.05, 4.69) is 4.90 Å². The van der Waals surface area contributed by atoms with Gasteiger partial charge in [0.1, 0.15) is 5.82 Å². The molecule has 0 amide bonds.